The van der Waals surface area contributed by atoms with Crippen LogP contribution in [0, 0.1) is 0 Å². The van der Waals surface area contributed by atoms with Gasteiger partial charge in [-0.25, -0.2) is 0 Å². The highest BCUT2D eigenvalue weighted by Crippen LogP contribution is 2.43. The second-order valence-corrected chi connectivity index (χ2v) is 8.42. The molecule has 1 aromatic carbocycles. The summed E-state index contributed by atoms with van der Waals surface area (Å²) in [6, 6.07) is 6.74. The number of hydrogen-bond acceptors (Lipinski definition) is 4. The van der Waals surface area contributed by atoms with Gasteiger partial charge in [0, 0.05) is 62.2 Å². The molecular weight excluding hydrogens is 376 g/mol. The Kier molecular flexibility index (Phi) is 4.60. The van der Waals surface area contributed by atoms with Gasteiger partial charge in [-0.15, -0.1) is 0 Å². The Bertz CT molecular complexity index is 1100. The number of aromatic nitrogens is 4. The van der Waals surface area contributed by atoms with Crippen LogP contribution in [-0.2, 0) is 24.8 Å². The van der Waals surface area contributed by atoms with Crippen molar-refractivity contribution in [3.05, 3.63) is 47.4 Å². The molecule has 1 unspecified atom stereocenters. The quantitative estimate of drug-likeness (QED) is 0.722. The zero-order valence-electron chi connectivity index (χ0n) is 17.9. The van der Waals surface area contributed by atoms with Crippen LogP contribution >= 0.6 is 0 Å². The number of aryl methyl sites for hydroxylation is 1. The van der Waals surface area contributed by atoms with Crippen molar-refractivity contribution in [3.63, 3.8) is 0 Å². The molecule has 2 aliphatic rings. The molecule has 30 heavy (non-hydrogen) atoms. The molecule has 0 radical (unpaired) electrons. The minimum atomic E-state index is 0.124. The minimum absolute atomic E-state index is 0.124. The molecule has 7 heteroatoms. The molecular formula is C23H28N6O. The molecule has 3 aromatic rings. The highest BCUT2D eigenvalue weighted by atomic mass is 16.2. The average Bonchev–Trinajstić information content (AvgIpc) is 3.38. The molecule has 2 aliphatic heterocycles. The van der Waals surface area contributed by atoms with Crippen LogP contribution in [0.25, 0.3) is 11.1 Å². The first-order chi connectivity index (χ1) is 14.5. The summed E-state index contributed by atoms with van der Waals surface area (Å²) in [4.78, 5) is 16.2. The minimum Gasteiger partial charge on any atom is -0.338 e. The first kappa shape index (κ1) is 18.9. The zero-order valence-corrected chi connectivity index (χ0v) is 17.9. The average molecular weight is 405 g/mol. The number of anilines is 2. The molecule has 1 N–H and O–H groups in total. The number of rotatable bonds is 3. The van der Waals surface area contributed by atoms with Crippen molar-refractivity contribution in [2.24, 2.45) is 7.05 Å². The summed E-state index contributed by atoms with van der Waals surface area (Å²) < 4.78 is 1.84. The normalized spacial score (nSPS) is 18.3. The van der Waals surface area contributed by atoms with Gasteiger partial charge in [-0.1, -0.05) is 13.0 Å². The van der Waals surface area contributed by atoms with Gasteiger partial charge >= 0.3 is 0 Å². The van der Waals surface area contributed by atoms with Crippen molar-refractivity contribution < 1.29 is 4.79 Å². The van der Waals surface area contributed by atoms with Gasteiger partial charge in [0.15, 0.2) is 5.82 Å². The van der Waals surface area contributed by atoms with Gasteiger partial charge in [0.2, 0.25) is 5.91 Å². The van der Waals surface area contributed by atoms with Gasteiger partial charge in [-0.05, 0) is 42.0 Å². The van der Waals surface area contributed by atoms with Crippen LogP contribution < -0.4 is 4.90 Å². The second kappa shape index (κ2) is 7.31. The molecule has 0 saturated heterocycles. The van der Waals surface area contributed by atoms with Crippen molar-refractivity contribution in [1.29, 1.82) is 0 Å². The van der Waals surface area contributed by atoms with E-state index in [9.17, 15) is 4.79 Å². The van der Waals surface area contributed by atoms with Crippen molar-refractivity contribution in [2.75, 3.05) is 18.0 Å². The van der Waals surface area contributed by atoms with Gasteiger partial charge in [-0.2, -0.15) is 10.2 Å². The molecule has 7 nitrogen and oxygen atoms in total. The number of carbonyl (C=O) groups is 1. The van der Waals surface area contributed by atoms with Gasteiger partial charge in [0.05, 0.1) is 12.7 Å². The maximum Gasteiger partial charge on any atom is 0.219 e. The van der Waals surface area contributed by atoms with Gasteiger partial charge in [0.25, 0.3) is 0 Å². The van der Waals surface area contributed by atoms with E-state index < -0.39 is 0 Å². The Balaban J connectivity index is 1.55. The van der Waals surface area contributed by atoms with Gasteiger partial charge < -0.3 is 9.80 Å². The Morgan fingerprint density at radius 2 is 2.13 bits per heavy atom. The van der Waals surface area contributed by atoms with E-state index in [0.717, 1.165) is 55.0 Å². The first-order valence-corrected chi connectivity index (χ1v) is 10.8. The fourth-order valence-corrected chi connectivity index (χ4v) is 4.85. The summed E-state index contributed by atoms with van der Waals surface area (Å²) in [5.74, 6) is 1.64. The summed E-state index contributed by atoms with van der Waals surface area (Å²) >= 11 is 0. The molecule has 0 fully saturated rings. The SMILES string of the molecule is CCC1CCN(c2n[nH]c3c2CN(C(C)=O)CC3)c2ccc(-c3cnn(C)c3)cc21. The molecule has 1 amide bonds. The van der Waals surface area contributed by atoms with Crippen molar-refractivity contribution in [2.45, 2.75) is 45.6 Å². The van der Waals surface area contributed by atoms with Crippen molar-refractivity contribution in [3.8, 4) is 11.1 Å². The summed E-state index contributed by atoms with van der Waals surface area (Å²) in [7, 11) is 1.95. The van der Waals surface area contributed by atoms with E-state index >= 15 is 0 Å². The molecule has 156 valence electrons. The van der Waals surface area contributed by atoms with Crippen LogP contribution in [0.2, 0.25) is 0 Å². The molecule has 2 aromatic heterocycles. The van der Waals surface area contributed by atoms with E-state index in [4.69, 9.17) is 5.10 Å². The number of benzene rings is 1. The third-order valence-corrected chi connectivity index (χ3v) is 6.60. The summed E-state index contributed by atoms with van der Waals surface area (Å²) in [6.07, 6.45) is 7.03. The summed E-state index contributed by atoms with van der Waals surface area (Å²) in [5.41, 5.74) is 7.27. The number of H-pyrrole nitrogens is 1. The lowest BCUT2D eigenvalue weighted by molar-refractivity contribution is -0.129. The van der Waals surface area contributed by atoms with Crippen LogP contribution in [0.1, 0.15) is 49.4 Å². The Labute approximate surface area is 176 Å². The van der Waals surface area contributed by atoms with E-state index in [0.29, 0.717) is 12.5 Å². The Morgan fingerprint density at radius 3 is 2.87 bits per heavy atom. The fourth-order valence-electron chi connectivity index (χ4n) is 4.85. The molecule has 5 rings (SSSR count). The van der Waals surface area contributed by atoms with E-state index in [1.54, 1.807) is 6.92 Å². The summed E-state index contributed by atoms with van der Waals surface area (Å²) in [5, 5.41) is 12.3. The molecule has 4 heterocycles. The standard InChI is InChI=1S/C23H28N6O/c1-4-16-7-10-29(23-20-14-28(15(2)30)9-8-21(20)25-26-23)22-6-5-17(11-19(16)22)18-12-24-27(3)13-18/h5-6,11-13,16H,4,7-10,14H2,1-3H3,(H,25,26). The number of nitrogens with one attached hydrogen (secondary N) is 1. The fraction of sp³-hybridized carbons (Fsp3) is 0.435. The monoisotopic (exact) mass is 404 g/mol. The van der Waals surface area contributed by atoms with Crippen LogP contribution in [0.3, 0.4) is 0 Å². The zero-order chi connectivity index (χ0) is 20.8. The number of aromatic amines is 1. The second-order valence-electron chi connectivity index (χ2n) is 8.42. The molecule has 1 atom stereocenters. The topological polar surface area (TPSA) is 70.1 Å². The van der Waals surface area contributed by atoms with E-state index in [1.807, 2.05) is 22.8 Å². The third kappa shape index (κ3) is 3.09. The smallest absolute Gasteiger partial charge is 0.219 e. The molecule has 0 aliphatic carbocycles. The van der Waals surface area contributed by atoms with E-state index in [2.05, 4.69) is 46.4 Å². The summed E-state index contributed by atoms with van der Waals surface area (Å²) in [6.45, 7) is 6.24. The maximum atomic E-state index is 11.9. The van der Waals surface area contributed by atoms with Crippen molar-refractivity contribution >= 4 is 17.4 Å². The molecule has 0 saturated carbocycles. The lowest BCUT2D eigenvalue weighted by Gasteiger charge is -2.36. The number of carbonyl (C=O) groups excluding carboxylic acids is 1. The number of hydrogen-bond donors (Lipinski definition) is 1. The largest absolute Gasteiger partial charge is 0.338 e. The van der Waals surface area contributed by atoms with E-state index in [1.165, 1.54) is 16.8 Å². The number of amides is 1. The Hall–Kier alpha value is -3.09. The molecule has 0 bridgehead atoms. The number of fused-ring (bicyclic) bond motifs is 2. The predicted molar refractivity (Wildman–Crippen MR) is 117 cm³/mol. The van der Waals surface area contributed by atoms with Crippen LogP contribution in [0.5, 0.6) is 0 Å². The lowest BCUT2D eigenvalue weighted by atomic mass is 9.86. The van der Waals surface area contributed by atoms with Crippen LogP contribution in [0.4, 0.5) is 11.5 Å². The van der Waals surface area contributed by atoms with Crippen molar-refractivity contribution in [1.82, 2.24) is 24.9 Å². The van der Waals surface area contributed by atoms with Gasteiger partial charge in [0.1, 0.15) is 0 Å². The first-order valence-electron chi connectivity index (χ1n) is 10.8. The van der Waals surface area contributed by atoms with Crippen LogP contribution in [-0.4, -0.2) is 43.9 Å². The highest BCUT2D eigenvalue weighted by molar-refractivity contribution is 5.76. The predicted octanol–water partition coefficient (Wildman–Crippen LogP) is 3.75. The lowest BCUT2D eigenvalue weighted by Crippen LogP contribution is -2.35. The Morgan fingerprint density at radius 1 is 1.27 bits per heavy atom. The van der Waals surface area contributed by atoms with E-state index in [-0.39, 0.29) is 5.91 Å². The number of nitrogens with zero attached hydrogens (tertiary/aromatic N) is 5. The maximum absolute atomic E-state index is 11.9. The highest BCUT2D eigenvalue weighted by Gasteiger charge is 2.31. The third-order valence-electron chi connectivity index (χ3n) is 6.60. The van der Waals surface area contributed by atoms with Gasteiger partial charge in [-0.3, -0.25) is 14.6 Å². The molecule has 0 spiro atoms. The van der Waals surface area contributed by atoms with Crippen LogP contribution in [0.15, 0.2) is 30.6 Å².